The minimum absolute atomic E-state index is 0.0142. The summed E-state index contributed by atoms with van der Waals surface area (Å²) in [5.74, 6) is 1.39. The lowest BCUT2D eigenvalue weighted by Gasteiger charge is -2.32. The maximum Gasteiger partial charge on any atom is 0.245 e. The van der Waals surface area contributed by atoms with Gasteiger partial charge < -0.3 is 19.9 Å². The van der Waals surface area contributed by atoms with Crippen LogP contribution in [0.4, 0.5) is 5.82 Å². The fraction of sp³-hybridized carbons (Fsp3) is 0.526. The molecule has 7 heteroatoms. The van der Waals surface area contributed by atoms with E-state index in [9.17, 15) is 4.79 Å². The molecule has 2 saturated heterocycles. The van der Waals surface area contributed by atoms with Gasteiger partial charge in [-0.15, -0.1) is 0 Å². The zero-order valence-electron chi connectivity index (χ0n) is 14.9. The van der Waals surface area contributed by atoms with Gasteiger partial charge in [0.2, 0.25) is 5.91 Å². The van der Waals surface area contributed by atoms with Crippen LogP contribution in [-0.4, -0.2) is 58.1 Å². The van der Waals surface area contributed by atoms with E-state index in [2.05, 4.69) is 33.0 Å². The van der Waals surface area contributed by atoms with Crippen LogP contribution in [0.5, 0.6) is 0 Å². The number of aromatic nitrogens is 3. The van der Waals surface area contributed by atoms with Crippen molar-refractivity contribution in [1.82, 2.24) is 19.9 Å². The molecule has 0 spiro atoms. The molecule has 0 unspecified atom stereocenters. The van der Waals surface area contributed by atoms with Crippen LogP contribution in [-0.2, 0) is 9.53 Å². The lowest BCUT2D eigenvalue weighted by atomic mass is 9.92. The summed E-state index contributed by atoms with van der Waals surface area (Å²) in [5, 5.41) is 4.70. The van der Waals surface area contributed by atoms with Crippen molar-refractivity contribution in [3.05, 3.63) is 30.7 Å². The largest absolute Gasteiger partial charge is 0.381 e. The number of nitrogens with one attached hydrogen (secondary N) is 2. The van der Waals surface area contributed by atoms with Crippen LogP contribution < -0.4 is 5.32 Å². The summed E-state index contributed by atoms with van der Waals surface area (Å²) in [4.78, 5) is 25.8. The Bertz CT molecular complexity index is 788. The van der Waals surface area contributed by atoms with Gasteiger partial charge in [-0.25, -0.2) is 9.97 Å². The highest BCUT2D eigenvalue weighted by molar-refractivity contribution is 5.91. The second kappa shape index (κ2) is 7.45. The van der Waals surface area contributed by atoms with Gasteiger partial charge in [0.15, 0.2) is 0 Å². The minimum atomic E-state index is 0.0142. The van der Waals surface area contributed by atoms with Crippen LogP contribution in [0, 0.1) is 0 Å². The third-order valence-electron chi connectivity index (χ3n) is 5.48. The molecule has 1 amide bonds. The average molecular weight is 355 g/mol. The van der Waals surface area contributed by atoms with Gasteiger partial charge in [-0.05, 0) is 43.2 Å². The van der Waals surface area contributed by atoms with Gasteiger partial charge in [-0.1, -0.05) is 6.58 Å². The zero-order chi connectivity index (χ0) is 17.9. The number of anilines is 1. The van der Waals surface area contributed by atoms with Crippen LogP contribution in [0.1, 0.15) is 37.2 Å². The Labute approximate surface area is 152 Å². The van der Waals surface area contributed by atoms with E-state index >= 15 is 0 Å². The average Bonchev–Trinajstić information content (AvgIpc) is 3.14. The molecule has 7 nitrogen and oxygen atoms in total. The fourth-order valence-corrected chi connectivity index (χ4v) is 3.99. The van der Waals surface area contributed by atoms with E-state index in [1.807, 2.05) is 4.90 Å². The first-order chi connectivity index (χ1) is 12.8. The Morgan fingerprint density at radius 3 is 2.77 bits per heavy atom. The number of H-pyrrole nitrogens is 1. The number of amides is 1. The van der Waals surface area contributed by atoms with Crippen molar-refractivity contribution in [2.24, 2.45) is 0 Å². The summed E-state index contributed by atoms with van der Waals surface area (Å²) >= 11 is 0. The highest BCUT2D eigenvalue weighted by Gasteiger charge is 2.25. The molecule has 2 aliphatic rings. The molecular formula is C19H25N5O2. The van der Waals surface area contributed by atoms with Crippen molar-refractivity contribution in [2.75, 3.05) is 31.6 Å². The van der Waals surface area contributed by atoms with E-state index in [1.54, 1.807) is 6.33 Å². The van der Waals surface area contributed by atoms with E-state index in [0.717, 1.165) is 68.8 Å². The monoisotopic (exact) mass is 355 g/mol. The van der Waals surface area contributed by atoms with Crippen molar-refractivity contribution < 1.29 is 9.53 Å². The van der Waals surface area contributed by atoms with E-state index in [0.29, 0.717) is 12.0 Å². The topological polar surface area (TPSA) is 83.1 Å². The molecule has 4 heterocycles. The van der Waals surface area contributed by atoms with E-state index < -0.39 is 0 Å². The maximum absolute atomic E-state index is 11.7. The van der Waals surface area contributed by atoms with Crippen molar-refractivity contribution in [3.63, 3.8) is 0 Å². The molecular weight excluding hydrogens is 330 g/mol. The standard InChI is InChI=1S/C19H25N5O2/c1-2-16(25)24-7-3-14(4-8-24)23-19-17-15(13-5-9-26-10-6-13)11-20-18(17)21-12-22-19/h2,11-14H,1,3-10H2,(H2,20,21,22,23). The van der Waals surface area contributed by atoms with Gasteiger partial charge in [-0.3, -0.25) is 4.79 Å². The molecule has 2 aromatic rings. The lowest BCUT2D eigenvalue weighted by Crippen LogP contribution is -2.41. The maximum atomic E-state index is 11.7. The first kappa shape index (κ1) is 17.0. The van der Waals surface area contributed by atoms with Gasteiger partial charge in [-0.2, -0.15) is 0 Å². The number of hydrogen-bond acceptors (Lipinski definition) is 5. The molecule has 138 valence electrons. The minimum Gasteiger partial charge on any atom is -0.381 e. The lowest BCUT2D eigenvalue weighted by molar-refractivity contribution is -0.126. The number of hydrogen-bond donors (Lipinski definition) is 2. The zero-order valence-corrected chi connectivity index (χ0v) is 14.9. The molecule has 0 aliphatic carbocycles. The molecule has 2 aliphatic heterocycles. The van der Waals surface area contributed by atoms with Crippen LogP contribution in [0.3, 0.4) is 0 Å². The Kier molecular flexibility index (Phi) is 4.88. The Hall–Kier alpha value is -2.41. The number of piperidine rings is 1. The first-order valence-corrected chi connectivity index (χ1v) is 9.34. The van der Waals surface area contributed by atoms with Crippen molar-refractivity contribution in [2.45, 2.75) is 37.6 Å². The molecule has 0 radical (unpaired) electrons. The Balaban J connectivity index is 1.52. The first-order valence-electron chi connectivity index (χ1n) is 9.34. The number of fused-ring (bicyclic) bond motifs is 1. The van der Waals surface area contributed by atoms with Crippen LogP contribution in [0.25, 0.3) is 11.0 Å². The molecule has 2 aromatic heterocycles. The molecule has 4 rings (SSSR count). The SMILES string of the molecule is C=CC(=O)N1CCC(Nc2ncnc3[nH]cc(C4CCOCC4)c23)CC1. The Morgan fingerprint density at radius 1 is 1.27 bits per heavy atom. The molecule has 2 fully saturated rings. The number of rotatable bonds is 4. The summed E-state index contributed by atoms with van der Waals surface area (Å²) in [6.07, 6.45) is 8.94. The third-order valence-corrected chi connectivity index (χ3v) is 5.48. The van der Waals surface area contributed by atoms with Crippen molar-refractivity contribution >= 4 is 22.8 Å². The van der Waals surface area contributed by atoms with Crippen LogP contribution in [0.2, 0.25) is 0 Å². The summed E-state index contributed by atoms with van der Waals surface area (Å²) in [7, 11) is 0. The predicted octanol–water partition coefficient (Wildman–Crippen LogP) is 2.44. The summed E-state index contributed by atoms with van der Waals surface area (Å²) in [5.41, 5.74) is 2.16. The number of ether oxygens (including phenoxy) is 1. The fourth-order valence-electron chi connectivity index (χ4n) is 3.99. The smallest absolute Gasteiger partial charge is 0.245 e. The van der Waals surface area contributed by atoms with Crippen LogP contribution >= 0.6 is 0 Å². The van der Waals surface area contributed by atoms with Crippen molar-refractivity contribution in [3.8, 4) is 0 Å². The normalized spacial score (nSPS) is 19.6. The molecule has 0 aromatic carbocycles. The third kappa shape index (κ3) is 3.31. The Morgan fingerprint density at radius 2 is 2.04 bits per heavy atom. The van der Waals surface area contributed by atoms with E-state index in [4.69, 9.17) is 4.74 Å². The van der Waals surface area contributed by atoms with Gasteiger partial charge in [0, 0.05) is 38.5 Å². The van der Waals surface area contributed by atoms with Gasteiger partial charge in [0.25, 0.3) is 0 Å². The van der Waals surface area contributed by atoms with Gasteiger partial charge >= 0.3 is 0 Å². The van der Waals surface area contributed by atoms with Crippen molar-refractivity contribution in [1.29, 1.82) is 0 Å². The molecule has 2 N–H and O–H groups in total. The van der Waals surface area contributed by atoms with Gasteiger partial charge in [0.1, 0.15) is 17.8 Å². The number of nitrogens with zero attached hydrogens (tertiary/aromatic N) is 3. The molecule has 0 atom stereocenters. The second-order valence-corrected chi connectivity index (χ2v) is 7.02. The van der Waals surface area contributed by atoms with Crippen LogP contribution in [0.15, 0.2) is 25.2 Å². The van der Waals surface area contributed by atoms with E-state index in [1.165, 1.54) is 11.6 Å². The highest BCUT2D eigenvalue weighted by atomic mass is 16.5. The number of likely N-dealkylation sites (tertiary alicyclic amines) is 1. The summed E-state index contributed by atoms with van der Waals surface area (Å²) in [6, 6.07) is 0.305. The number of aromatic amines is 1. The quantitative estimate of drug-likeness (QED) is 0.823. The second-order valence-electron chi connectivity index (χ2n) is 7.02. The highest BCUT2D eigenvalue weighted by Crippen LogP contribution is 2.35. The molecule has 0 saturated carbocycles. The predicted molar refractivity (Wildman–Crippen MR) is 100 cm³/mol. The van der Waals surface area contributed by atoms with Gasteiger partial charge in [0.05, 0.1) is 5.39 Å². The summed E-state index contributed by atoms with van der Waals surface area (Å²) in [6.45, 7) is 6.68. The number of carbonyl (C=O) groups excluding carboxylic acids is 1. The summed E-state index contributed by atoms with van der Waals surface area (Å²) < 4.78 is 5.50. The number of carbonyl (C=O) groups is 1. The molecule has 0 bridgehead atoms. The molecule has 26 heavy (non-hydrogen) atoms. The van der Waals surface area contributed by atoms with E-state index in [-0.39, 0.29) is 5.91 Å².